The molecule has 1 aliphatic rings. The summed E-state index contributed by atoms with van der Waals surface area (Å²) in [6.07, 6.45) is 0.528. The third-order valence-electron chi connectivity index (χ3n) is 3.44. The molecule has 0 unspecified atom stereocenters. The van der Waals surface area contributed by atoms with E-state index in [0.717, 1.165) is 6.20 Å². The van der Waals surface area contributed by atoms with Crippen molar-refractivity contribution in [3.05, 3.63) is 24.1 Å². The zero-order valence-electron chi connectivity index (χ0n) is 11.1. The largest absolute Gasteiger partial charge is 0.309 e. The zero-order chi connectivity index (χ0) is 14.8. The summed E-state index contributed by atoms with van der Waals surface area (Å²) >= 11 is 0. The molecule has 2 heterocycles. The van der Waals surface area contributed by atoms with Gasteiger partial charge in [-0.1, -0.05) is 0 Å². The Hall–Kier alpha value is -1.63. The van der Waals surface area contributed by atoms with E-state index in [9.17, 15) is 18.0 Å². The van der Waals surface area contributed by atoms with E-state index in [1.807, 2.05) is 0 Å². The molecule has 0 spiro atoms. The van der Waals surface area contributed by atoms with E-state index in [1.165, 1.54) is 12.1 Å². The van der Waals surface area contributed by atoms with E-state index < -0.39 is 17.8 Å². The Kier molecular flexibility index (Phi) is 4.27. The number of amides is 1. The first kappa shape index (κ1) is 14.8. The number of carbonyl (C=O) groups is 1. The van der Waals surface area contributed by atoms with Crippen molar-refractivity contribution in [1.29, 1.82) is 0 Å². The van der Waals surface area contributed by atoms with Crippen molar-refractivity contribution in [3.63, 3.8) is 0 Å². The average molecular weight is 287 g/mol. The molecule has 0 radical (unpaired) electrons. The first-order valence-electron chi connectivity index (χ1n) is 6.42. The molecule has 110 valence electrons. The van der Waals surface area contributed by atoms with E-state index >= 15 is 0 Å². The maximum atomic E-state index is 13.1. The summed E-state index contributed by atoms with van der Waals surface area (Å²) in [5.74, 6) is -3.22. The Bertz CT molecular complexity index is 468. The van der Waals surface area contributed by atoms with Crippen LogP contribution < -0.4 is 5.32 Å². The van der Waals surface area contributed by atoms with Crippen LogP contribution in [0.4, 0.5) is 19.0 Å². The number of likely N-dealkylation sites (tertiary alicyclic amines) is 1. The summed E-state index contributed by atoms with van der Waals surface area (Å²) in [6.45, 7) is 2.01. The van der Waals surface area contributed by atoms with Gasteiger partial charge in [0.05, 0.1) is 12.2 Å². The van der Waals surface area contributed by atoms with E-state index in [-0.39, 0.29) is 37.7 Å². The van der Waals surface area contributed by atoms with Crippen LogP contribution in [0.5, 0.6) is 0 Å². The number of anilines is 1. The molecule has 0 aliphatic carbocycles. The smallest absolute Gasteiger partial charge is 0.250 e. The number of alkyl halides is 2. The normalized spacial score (nSPS) is 20.4. The standard InChI is InChI=1S/C13H16F3N3O/c1-9(19-6-4-13(15,16)5-7-19)12(20)18-11-3-2-10(14)8-17-11/h2-3,8-9H,4-7H2,1H3,(H,17,18,20)/t9-/m0/s1. The Balaban J connectivity index is 1.90. The summed E-state index contributed by atoms with van der Waals surface area (Å²) in [7, 11) is 0. The lowest BCUT2D eigenvalue weighted by Gasteiger charge is -2.34. The fourth-order valence-electron chi connectivity index (χ4n) is 2.08. The monoisotopic (exact) mass is 287 g/mol. The number of halogens is 3. The molecule has 0 saturated carbocycles. The molecule has 4 nitrogen and oxygen atoms in total. The third-order valence-corrected chi connectivity index (χ3v) is 3.44. The number of hydrogen-bond donors (Lipinski definition) is 1. The van der Waals surface area contributed by atoms with Gasteiger partial charge in [0.15, 0.2) is 0 Å². The van der Waals surface area contributed by atoms with Gasteiger partial charge in [0.25, 0.3) is 5.92 Å². The molecule has 0 bridgehead atoms. The number of nitrogens with one attached hydrogen (secondary N) is 1. The van der Waals surface area contributed by atoms with Crippen LogP contribution in [-0.4, -0.2) is 40.8 Å². The minimum Gasteiger partial charge on any atom is -0.309 e. The lowest BCUT2D eigenvalue weighted by molar-refractivity contribution is -0.124. The maximum Gasteiger partial charge on any atom is 0.250 e. The maximum absolute atomic E-state index is 13.1. The number of piperidine rings is 1. The molecular formula is C13H16F3N3O. The van der Waals surface area contributed by atoms with Crippen molar-refractivity contribution in [2.24, 2.45) is 0 Å². The van der Waals surface area contributed by atoms with Gasteiger partial charge in [-0.3, -0.25) is 9.69 Å². The Morgan fingerprint density at radius 3 is 2.60 bits per heavy atom. The molecule has 1 amide bonds. The second-order valence-corrected chi connectivity index (χ2v) is 4.92. The fraction of sp³-hybridized carbons (Fsp3) is 0.538. The van der Waals surface area contributed by atoms with Gasteiger partial charge in [-0.15, -0.1) is 0 Å². The van der Waals surface area contributed by atoms with Crippen LogP contribution in [0.15, 0.2) is 18.3 Å². The lowest BCUT2D eigenvalue weighted by atomic mass is 10.0. The number of nitrogens with zero attached hydrogens (tertiary/aromatic N) is 2. The number of pyridine rings is 1. The lowest BCUT2D eigenvalue weighted by Crippen LogP contribution is -2.48. The summed E-state index contributed by atoms with van der Waals surface area (Å²) in [4.78, 5) is 17.4. The zero-order valence-corrected chi connectivity index (χ0v) is 11.1. The van der Waals surface area contributed by atoms with Gasteiger partial charge in [0.2, 0.25) is 5.91 Å². The van der Waals surface area contributed by atoms with Crippen molar-refractivity contribution in [2.45, 2.75) is 31.7 Å². The second-order valence-electron chi connectivity index (χ2n) is 4.92. The molecule has 20 heavy (non-hydrogen) atoms. The predicted molar refractivity (Wildman–Crippen MR) is 68.0 cm³/mol. The van der Waals surface area contributed by atoms with Gasteiger partial charge < -0.3 is 5.32 Å². The van der Waals surface area contributed by atoms with Crippen LogP contribution in [0, 0.1) is 5.82 Å². The van der Waals surface area contributed by atoms with Crippen molar-refractivity contribution < 1.29 is 18.0 Å². The minimum absolute atomic E-state index is 0.179. The molecule has 1 N–H and O–H groups in total. The van der Waals surface area contributed by atoms with Gasteiger partial charge in [-0.05, 0) is 19.1 Å². The predicted octanol–water partition coefficient (Wildman–Crippen LogP) is 2.28. The summed E-state index contributed by atoms with van der Waals surface area (Å²) < 4.78 is 38.8. The molecular weight excluding hydrogens is 271 g/mol. The second kappa shape index (κ2) is 5.78. The average Bonchev–Trinajstić information content (AvgIpc) is 2.40. The first-order valence-corrected chi connectivity index (χ1v) is 6.42. The molecule has 1 saturated heterocycles. The SMILES string of the molecule is C[C@@H](C(=O)Nc1ccc(F)cn1)N1CCC(F)(F)CC1. The Labute approximate surface area is 115 Å². The van der Waals surface area contributed by atoms with Crippen LogP contribution >= 0.6 is 0 Å². The highest BCUT2D eigenvalue weighted by Gasteiger charge is 2.36. The third kappa shape index (κ3) is 3.69. The van der Waals surface area contributed by atoms with Crippen molar-refractivity contribution in [3.8, 4) is 0 Å². The number of carbonyl (C=O) groups excluding carboxylic acids is 1. The molecule has 1 aromatic heterocycles. The van der Waals surface area contributed by atoms with Crippen molar-refractivity contribution in [2.75, 3.05) is 18.4 Å². The van der Waals surface area contributed by atoms with E-state index in [2.05, 4.69) is 10.3 Å². The van der Waals surface area contributed by atoms with Gasteiger partial charge in [-0.25, -0.2) is 18.2 Å². The molecule has 1 fully saturated rings. The number of hydrogen-bond acceptors (Lipinski definition) is 3. The quantitative estimate of drug-likeness (QED) is 0.927. The van der Waals surface area contributed by atoms with Crippen molar-refractivity contribution in [1.82, 2.24) is 9.88 Å². The highest BCUT2D eigenvalue weighted by molar-refractivity contribution is 5.93. The molecule has 1 atom stereocenters. The Morgan fingerprint density at radius 1 is 1.40 bits per heavy atom. The van der Waals surface area contributed by atoms with E-state index in [0.29, 0.717) is 0 Å². The van der Waals surface area contributed by atoms with Gasteiger partial charge >= 0.3 is 0 Å². The van der Waals surface area contributed by atoms with Crippen LogP contribution in [0.3, 0.4) is 0 Å². The molecule has 1 aromatic rings. The first-order chi connectivity index (χ1) is 9.37. The highest BCUT2D eigenvalue weighted by Crippen LogP contribution is 2.28. The van der Waals surface area contributed by atoms with E-state index in [1.54, 1.807) is 11.8 Å². The summed E-state index contributed by atoms with van der Waals surface area (Å²) in [5, 5.41) is 2.54. The van der Waals surface area contributed by atoms with Crippen LogP contribution in [0.25, 0.3) is 0 Å². The van der Waals surface area contributed by atoms with E-state index in [4.69, 9.17) is 0 Å². The fourth-order valence-corrected chi connectivity index (χ4v) is 2.08. The molecule has 7 heteroatoms. The highest BCUT2D eigenvalue weighted by atomic mass is 19.3. The van der Waals surface area contributed by atoms with Crippen LogP contribution in [0.1, 0.15) is 19.8 Å². The van der Waals surface area contributed by atoms with Crippen molar-refractivity contribution >= 4 is 11.7 Å². The van der Waals surface area contributed by atoms with Crippen LogP contribution in [0.2, 0.25) is 0 Å². The Morgan fingerprint density at radius 2 is 2.05 bits per heavy atom. The van der Waals surface area contributed by atoms with Gasteiger partial charge in [0.1, 0.15) is 11.6 Å². The minimum atomic E-state index is -2.63. The van der Waals surface area contributed by atoms with Gasteiger partial charge in [0, 0.05) is 25.9 Å². The number of rotatable bonds is 3. The molecule has 1 aliphatic heterocycles. The van der Waals surface area contributed by atoms with Crippen LogP contribution in [-0.2, 0) is 4.79 Å². The topological polar surface area (TPSA) is 45.2 Å². The number of aromatic nitrogens is 1. The summed E-state index contributed by atoms with van der Waals surface area (Å²) in [6, 6.07) is 2.01. The molecule has 2 rings (SSSR count). The summed E-state index contributed by atoms with van der Waals surface area (Å²) in [5.41, 5.74) is 0. The van der Waals surface area contributed by atoms with Gasteiger partial charge in [-0.2, -0.15) is 0 Å². The molecule has 0 aromatic carbocycles.